The van der Waals surface area contributed by atoms with Crippen molar-refractivity contribution < 1.29 is 9.59 Å². The van der Waals surface area contributed by atoms with Gasteiger partial charge in [-0.1, -0.05) is 6.07 Å². The van der Waals surface area contributed by atoms with Crippen molar-refractivity contribution in [2.24, 2.45) is 5.92 Å². The quantitative estimate of drug-likeness (QED) is 0.818. The van der Waals surface area contributed by atoms with Crippen LogP contribution in [0.4, 0.5) is 0 Å². The van der Waals surface area contributed by atoms with E-state index in [1.807, 2.05) is 33.1 Å². The molecule has 2 atom stereocenters. The Labute approximate surface area is 161 Å². The molecule has 2 aliphatic heterocycles. The van der Waals surface area contributed by atoms with Crippen LogP contribution in [0.25, 0.3) is 6.08 Å². The zero-order valence-electron chi connectivity index (χ0n) is 14.9. The fraction of sp³-hybridized carbons (Fsp3) is 0.474. The summed E-state index contributed by atoms with van der Waals surface area (Å²) < 4.78 is 1.95. The molecule has 1 N–H and O–H groups in total. The van der Waals surface area contributed by atoms with Gasteiger partial charge in [0.25, 0.3) is 5.91 Å². The first-order valence-corrected chi connectivity index (χ1v) is 10.3. The molecule has 4 heterocycles. The van der Waals surface area contributed by atoms with Crippen LogP contribution in [0, 0.1) is 5.92 Å². The molecule has 1 saturated carbocycles. The van der Waals surface area contributed by atoms with Gasteiger partial charge in [-0.05, 0) is 42.7 Å². The molecule has 2 aromatic heterocycles. The molecule has 5 rings (SSSR count). The second kappa shape index (κ2) is 6.60. The average molecular weight is 383 g/mol. The molecule has 1 aliphatic carbocycles. The summed E-state index contributed by atoms with van der Waals surface area (Å²) in [5.41, 5.74) is 0. The first-order valence-electron chi connectivity index (χ1n) is 9.43. The third-order valence-corrected chi connectivity index (χ3v) is 6.47. The van der Waals surface area contributed by atoms with Crippen LogP contribution in [0.3, 0.4) is 0 Å². The lowest BCUT2D eigenvalue weighted by atomic mass is 9.89. The second-order valence-electron chi connectivity index (χ2n) is 7.53. The first kappa shape index (κ1) is 16.7. The number of fused-ring (bicyclic) bond motifs is 3. The maximum atomic E-state index is 12.6. The number of amides is 2. The van der Waals surface area contributed by atoms with Crippen molar-refractivity contribution in [2.45, 2.75) is 37.8 Å². The van der Waals surface area contributed by atoms with Crippen LogP contribution >= 0.6 is 11.3 Å². The monoisotopic (exact) mass is 383 g/mol. The number of aromatic nitrogens is 3. The van der Waals surface area contributed by atoms with Gasteiger partial charge in [0.05, 0.1) is 0 Å². The van der Waals surface area contributed by atoms with Crippen molar-refractivity contribution in [1.82, 2.24) is 25.0 Å². The van der Waals surface area contributed by atoms with Gasteiger partial charge in [0, 0.05) is 42.5 Å². The molecule has 2 aromatic rings. The molecule has 0 radical (unpaired) electrons. The maximum Gasteiger partial charge on any atom is 0.289 e. The standard InChI is InChI=1S/C19H21N5O2S/c25-16(6-5-14-2-1-9-27-14)23-10-12-7-8-24-17(15(12)11-23)21-22-18(24)19(26)20-13-3-4-13/h1-2,5-6,9,12-13,15H,3-4,7-8,10-11H2,(H,20,26)/b6-5+/t12-,15-/m1/s1. The summed E-state index contributed by atoms with van der Waals surface area (Å²) in [6, 6.07) is 4.27. The SMILES string of the molecule is O=C(NC1CC1)c1nnc2n1CC[C@@H]1CN(C(=O)/C=C/c3cccs3)C[C@@H]21. The van der Waals surface area contributed by atoms with E-state index < -0.39 is 0 Å². The predicted molar refractivity (Wildman–Crippen MR) is 101 cm³/mol. The Balaban J connectivity index is 1.30. The minimum Gasteiger partial charge on any atom is -0.347 e. The third kappa shape index (κ3) is 3.18. The Morgan fingerprint density at radius 2 is 2.11 bits per heavy atom. The highest BCUT2D eigenvalue weighted by molar-refractivity contribution is 7.10. The Kier molecular flexibility index (Phi) is 4.07. The number of hydrogen-bond donors (Lipinski definition) is 1. The third-order valence-electron chi connectivity index (χ3n) is 5.64. The molecule has 3 aliphatic rings. The fourth-order valence-corrected chi connectivity index (χ4v) is 4.65. The summed E-state index contributed by atoms with van der Waals surface area (Å²) in [4.78, 5) is 27.9. The molecule has 0 aromatic carbocycles. The van der Waals surface area contributed by atoms with Crippen LogP contribution in [-0.4, -0.2) is 50.6 Å². The minimum absolute atomic E-state index is 0.0376. The van der Waals surface area contributed by atoms with Crippen molar-refractivity contribution in [2.75, 3.05) is 13.1 Å². The number of hydrogen-bond acceptors (Lipinski definition) is 5. The van der Waals surface area contributed by atoms with Gasteiger partial charge in [-0.25, -0.2) is 0 Å². The van der Waals surface area contributed by atoms with Gasteiger partial charge in [-0.2, -0.15) is 0 Å². The van der Waals surface area contributed by atoms with E-state index in [-0.39, 0.29) is 17.7 Å². The highest BCUT2D eigenvalue weighted by Crippen LogP contribution is 2.38. The summed E-state index contributed by atoms with van der Waals surface area (Å²) >= 11 is 1.62. The maximum absolute atomic E-state index is 12.6. The van der Waals surface area contributed by atoms with Crippen LogP contribution in [-0.2, 0) is 11.3 Å². The summed E-state index contributed by atoms with van der Waals surface area (Å²) in [5, 5.41) is 13.5. The summed E-state index contributed by atoms with van der Waals surface area (Å²) in [7, 11) is 0. The number of likely N-dealkylation sites (tertiary alicyclic amines) is 1. The fourth-order valence-electron chi connectivity index (χ4n) is 4.03. The Hall–Kier alpha value is -2.48. The van der Waals surface area contributed by atoms with Gasteiger partial charge < -0.3 is 14.8 Å². The van der Waals surface area contributed by atoms with E-state index in [2.05, 4.69) is 15.5 Å². The number of rotatable bonds is 4. The number of carbonyl (C=O) groups is 2. The molecule has 8 heteroatoms. The number of thiophene rings is 1. The number of nitrogens with zero attached hydrogens (tertiary/aromatic N) is 4. The van der Waals surface area contributed by atoms with Crippen molar-refractivity contribution in [1.29, 1.82) is 0 Å². The zero-order chi connectivity index (χ0) is 18.4. The highest BCUT2D eigenvalue weighted by atomic mass is 32.1. The summed E-state index contributed by atoms with van der Waals surface area (Å²) in [6.07, 6.45) is 6.57. The second-order valence-corrected chi connectivity index (χ2v) is 8.51. The highest BCUT2D eigenvalue weighted by Gasteiger charge is 2.42. The van der Waals surface area contributed by atoms with Crippen molar-refractivity contribution in [3.63, 3.8) is 0 Å². The van der Waals surface area contributed by atoms with Crippen molar-refractivity contribution in [3.8, 4) is 0 Å². The van der Waals surface area contributed by atoms with Gasteiger partial charge in [-0.15, -0.1) is 21.5 Å². The molecule has 27 heavy (non-hydrogen) atoms. The van der Waals surface area contributed by atoms with Crippen LogP contribution < -0.4 is 5.32 Å². The molecular weight excluding hydrogens is 362 g/mol. The Morgan fingerprint density at radius 3 is 2.89 bits per heavy atom. The molecule has 0 unspecified atom stereocenters. The van der Waals surface area contributed by atoms with Crippen molar-refractivity contribution >= 4 is 29.2 Å². The van der Waals surface area contributed by atoms with Gasteiger partial charge >= 0.3 is 0 Å². The lowest BCUT2D eigenvalue weighted by Gasteiger charge is -2.24. The van der Waals surface area contributed by atoms with Gasteiger partial charge in [0.15, 0.2) is 0 Å². The van der Waals surface area contributed by atoms with Crippen molar-refractivity contribution in [3.05, 3.63) is 40.1 Å². The lowest BCUT2D eigenvalue weighted by molar-refractivity contribution is -0.125. The molecule has 0 spiro atoms. The zero-order valence-corrected chi connectivity index (χ0v) is 15.7. The van der Waals surface area contributed by atoms with E-state index in [9.17, 15) is 9.59 Å². The van der Waals surface area contributed by atoms with Crippen LogP contribution in [0.15, 0.2) is 23.6 Å². The van der Waals surface area contributed by atoms with Gasteiger partial charge in [-0.3, -0.25) is 9.59 Å². The van der Waals surface area contributed by atoms with E-state index in [1.54, 1.807) is 17.4 Å². The van der Waals surface area contributed by atoms with Crippen LogP contribution in [0.2, 0.25) is 0 Å². The van der Waals surface area contributed by atoms with Crippen LogP contribution in [0.1, 0.15) is 46.5 Å². The lowest BCUT2D eigenvalue weighted by Crippen LogP contribution is -2.31. The van der Waals surface area contributed by atoms with E-state index in [0.29, 0.717) is 24.3 Å². The van der Waals surface area contributed by atoms with E-state index >= 15 is 0 Å². The molecule has 2 amide bonds. The molecule has 140 valence electrons. The van der Waals surface area contributed by atoms with E-state index in [4.69, 9.17) is 0 Å². The smallest absolute Gasteiger partial charge is 0.289 e. The molecule has 0 bridgehead atoms. The minimum atomic E-state index is -0.125. The largest absolute Gasteiger partial charge is 0.347 e. The molecule has 7 nitrogen and oxygen atoms in total. The average Bonchev–Trinajstić information content (AvgIpc) is 3.10. The molecule has 1 saturated heterocycles. The Morgan fingerprint density at radius 1 is 1.22 bits per heavy atom. The normalized spacial score (nSPS) is 24.1. The molecule has 2 fully saturated rings. The van der Waals surface area contributed by atoms with Gasteiger partial charge in [0.2, 0.25) is 11.7 Å². The van der Waals surface area contributed by atoms with Crippen LogP contribution in [0.5, 0.6) is 0 Å². The summed E-state index contributed by atoms with van der Waals surface area (Å²) in [5.74, 6) is 1.73. The number of carbonyl (C=O) groups excluding carboxylic acids is 2. The van der Waals surface area contributed by atoms with E-state index in [0.717, 1.165) is 43.1 Å². The molecular formula is C19H21N5O2S. The predicted octanol–water partition coefficient (Wildman–Crippen LogP) is 1.89. The van der Waals surface area contributed by atoms with E-state index in [1.165, 1.54) is 0 Å². The summed E-state index contributed by atoms with van der Waals surface area (Å²) in [6.45, 7) is 2.12. The number of nitrogens with one attached hydrogen (secondary N) is 1. The topological polar surface area (TPSA) is 80.1 Å². The first-order chi connectivity index (χ1) is 13.2. The van der Waals surface area contributed by atoms with Gasteiger partial charge in [0.1, 0.15) is 5.82 Å². The Bertz CT molecular complexity index is 899.